The minimum Gasteiger partial charge on any atom is -0.508 e. The Bertz CT molecular complexity index is 522. The molecule has 2 nitrogen and oxygen atoms in total. The third-order valence-electron chi connectivity index (χ3n) is 3.47. The molecule has 0 aliphatic rings. The molecule has 0 fully saturated rings. The summed E-state index contributed by atoms with van der Waals surface area (Å²) in [5.41, 5.74) is 3.55. The van der Waals surface area contributed by atoms with E-state index in [2.05, 4.69) is 36.5 Å². The van der Waals surface area contributed by atoms with E-state index in [0.717, 1.165) is 24.2 Å². The first-order chi connectivity index (χ1) is 9.16. The molecule has 0 radical (unpaired) electrons. The monoisotopic (exact) mass is 255 g/mol. The van der Waals surface area contributed by atoms with Crippen LogP contribution in [0, 0.1) is 6.92 Å². The number of nitrogens with one attached hydrogen (secondary N) is 1. The lowest BCUT2D eigenvalue weighted by Crippen LogP contribution is -2.06. The fourth-order valence-corrected chi connectivity index (χ4v) is 2.22. The second kappa shape index (κ2) is 6.28. The molecule has 0 spiro atoms. The summed E-state index contributed by atoms with van der Waals surface area (Å²) in [6.07, 6.45) is 1.09. The quantitative estimate of drug-likeness (QED) is 0.780. The van der Waals surface area contributed by atoms with Gasteiger partial charge in [-0.2, -0.15) is 0 Å². The Morgan fingerprint density at radius 2 is 1.84 bits per heavy atom. The summed E-state index contributed by atoms with van der Waals surface area (Å²) in [5.74, 6) is 0.867. The molecule has 19 heavy (non-hydrogen) atoms. The van der Waals surface area contributed by atoms with Crippen molar-refractivity contribution in [2.24, 2.45) is 0 Å². The average Bonchev–Trinajstić information content (AvgIpc) is 2.42. The normalized spacial score (nSPS) is 12.1. The highest BCUT2D eigenvalue weighted by Crippen LogP contribution is 2.22. The highest BCUT2D eigenvalue weighted by atomic mass is 16.3. The Labute approximate surface area is 115 Å². The maximum absolute atomic E-state index is 9.37. The van der Waals surface area contributed by atoms with Gasteiger partial charge >= 0.3 is 0 Å². The van der Waals surface area contributed by atoms with E-state index in [-0.39, 0.29) is 0 Å². The van der Waals surface area contributed by atoms with Crippen LogP contribution in [0.15, 0.2) is 48.5 Å². The third kappa shape index (κ3) is 3.75. The van der Waals surface area contributed by atoms with Gasteiger partial charge in [-0.3, -0.25) is 0 Å². The van der Waals surface area contributed by atoms with Gasteiger partial charge in [0, 0.05) is 12.2 Å². The van der Waals surface area contributed by atoms with Gasteiger partial charge in [-0.15, -0.1) is 0 Å². The van der Waals surface area contributed by atoms with Gasteiger partial charge in [-0.25, -0.2) is 0 Å². The van der Waals surface area contributed by atoms with E-state index in [1.54, 1.807) is 12.1 Å². The molecule has 0 bridgehead atoms. The van der Waals surface area contributed by atoms with Crippen LogP contribution in [0.3, 0.4) is 0 Å². The summed E-state index contributed by atoms with van der Waals surface area (Å²) in [6.45, 7) is 5.19. The topological polar surface area (TPSA) is 32.3 Å². The Kier molecular flexibility index (Phi) is 4.45. The van der Waals surface area contributed by atoms with Crippen molar-refractivity contribution in [1.82, 2.24) is 0 Å². The number of phenols is 1. The summed E-state index contributed by atoms with van der Waals surface area (Å²) >= 11 is 0. The fourth-order valence-electron chi connectivity index (χ4n) is 2.22. The first kappa shape index (κ1) is 13.5. The predicted molar refractivity (Wildman–Crippen MR) is 80.8 cm³/mol. The molecular formula is C17H21NO. The van der Waals surface area contributed by atoms with Gasteiger partial charge in [-0.05, 0) is 48.6 Å². The van der Waals surface area contributed by atoms with Gasteiger partial charge in [0.25, 0.3) is 0 Å². The number of aryl methyl sites for hydroxylation is 1. The van der Waals surface area contributed by atoms with Crippen LogP contribution in [0.4, 0.5) is 5.69 Å². The Hall–Kier alpha value is -1.96. The van der Waals surface area contributed by atoms with Gasteiger partial charge in [0.2, 0.25) is 0 Å². The standard InChI is InChI=1S/C17H21NO/c1-13(15-6-4-3-5-7-15)10-11-18-17-9-8-16(19)12-14(17)2/h3-9,12-13,18-19H,10-11H2,1-2H3. The molecule has 0 aliphatic heterocycles. The van der Waals surface area contributed by atoms with E-state index in [0.29, 0.717) is 11.7 Å². The second-order valence-electron chi connectivity index (χ2n) is 5.03. The fraction of sp³-hybridized carbons (Fsp3) is 0.294. The molecule has 1 unspecified atom stereocenters. The SMILES string of the molecule is Cc1cc(O)ccc1NCCC(C)c1ccccc1. The first-order valence-corrected chi connectivity index (χ1v) is 6.75. The van der Waals surface area contributed by atoms with Crippen LogP contribution in [0.5, 0.6) is 5.75 Å². The number of benzene rings is 2. The minimum absolute atomic E-state index is 0.320. The van der Waals surface area contributed by atoms with E-state index < -0.39 is 0 Å². The molecule has 2 aromatic rings. The van der Waals surface area contributed by atoms with E-state index in [1.165, 1.54) is 5.56 Å². The molecule has 2 heteroatoms. The van der Waals surface area contributed by atoms with Gasteiger partial charge in [-0.1, -0.05) is 37.3 Å². The van der Waals surface area contributed by atoms with Crippen molar-refractivity contribution in [2.45, 2.75) is 26.2 Å². The largest absolute Gasteiger partial charge is 0.508 e. The van der Waals surface area contributed by atoms with Gasteiger partial charge < -0.3 is 10.4 Å². The van der Waals surface area contributed by atoms with E-state index in [4.69, 9.17) is 0 Å². The summed E-state index contributed by atoms with van der Waals surface area (Å²) in [7, 11) is 0. The Morgan fingerprint density at radius 3 is 2.53 bits per heavy atom. The van der Waals surface area contributed by atoms with E-state index in [9.17, 15) is 5.11 Å². The molecule has 2 N–H and O–H groups in total. The van der Waals surface area contributed by atoms with Crippen LogP contribution in [0.1, 0.15) is 30.4 Å². The number of hydrogen-bond donors (Lipinski definition) is 2. The van der Waals surface area contributed by atoms with E-state index >= 15 is 0 Å². The minimum atomic E-state index is 0.320. The number of phenolic OH excluding ortho intramolecular Hbond substituents is 1. The Balaban J connectivity index is 1.86. The molecule has 0 amide bonds. The highest BCUT2D eigenvalue weighted by Gasteiger charge is 2.05. The highest BCUT2D eigenvalue weighted by molar-refractivity contribution is 5.53. The van der Waals surface area contributed by atoms with E-state index in [1.807, 2.05) is 19.1 Å². The lowest BCUT2D eigenvalue weighted by atomic mass is 9.98. The number of aromatic hydroxyl groups is 1. The molecule has 1 atom stereocenters. The zero-order valence-electron chi connectivity index (χ0n) is 11.6. The van der Waals surface area contributed by atoms with Crippen molar-refractivity contribution in [3.8, 4) is 5.75 Å². The summed E-state index contributed by atoms with van der Waals surface area (Å²) in [4.78, 5) is 0. The van der Waals surface area contributed by atoms with Gasteiger partial charge in [0.15, 0.2) is 0 Å². The molecule has 0 aromatic heterocycles. The van der Waals surface area contributed by atoms with Crippen molar-refractivity contribution in [1.29, 1.82) is 0 Å². The number of hydrogen-bond acceptors (Lipinski definition) is 2. The second-order valence-corrected chi connectivity index (χ2v) is 5.03. The van der Waals surface area contributed by atoms with Gasteiger partial charge in [0.05, 0.1) is 0 Å². The number of anilines is 1. The molecule has 0 saturated heterocycles. The van der Waals surface area contributed by atoms with Crippen LogP contribution in [-0.2, 0) is 0 Å². The lowest BCUT2D eigenvalue weighted by molar-refractivity contribution is 0.475. The smallest absolute Gasteiger partial charge is 0.115 e. The molecule has 2 aromatic carbocycles. The maximum Gasteiger partial charge on any atom is 0.115 e. The van der Waals surface area contributed by atoms with Crippen LogP contribution >= 0.6 is 0 Å². The molecule has 0 saturated carbocycles. The van der Waals surface area contributed by atoms with Crippen molar-refractivity contribution >= 4 is 5.69 Å². The summed E-state index contributed by atoms with van der Waals surface area (Å²) < 4.78 is 0. The first-order valence-electron chi connectivity index (χ1n) is 6.75. The number of rotatable bonds is 5. The van der Waals surface area contributed by atoms with Crippen molar-refractivity contribution in [2.75, 3.05) is 11.9 Å². The van der Waals surface area contributed by atoms with Crippen LogP contribution < -0.4 is 5.32 Å². The van der Waals surface area contributed by atoms with Gasteiger partial charge in [0.1, 0.15) is 5.75 Å². The van der Waals surface area contributed by atoms with Crippen LogP contribution in [-0.4, -0.2) is 11.7 Å². The maximum atomic E-state index is 9.37. The van der Waals surface area contributed by atoms with Crippen LogP contribution in [0.25, 0.3) is 0 Å². The zero-order valence-corrected chi connectivity index (χ0v) is 11.6. The molecular weight excluding hydrogens is 234 g/mol. The summed E-state index contributed by atoms with van der Waals surface area (Å²) in [5, 5.41) is 12.8. The summed E-state index contributed by atoms with van der Waals surface area (Å²) in [6, 6.07) is 16.0. The van der Waals surface area contributed by atoms with Crippen molar-refractivity contribution in [3.63, 3.8) is 0 Å². The van der Waals surface area contributed by atoms with Crippen molar-refractivity contribution < 1.29 is 5.11 Å². The average molecular weight is 255 g/mol. The van der Waals surface area contributed by atoms with Crippen molar-refractivity contribution in [3.05, 3.63) is 59.7 Å². The molecule has 0 aliphatic carbocycles. The third-order valence-corrected chi connectivity index (χ3v) is 3.47. The molecule has 0 heterocycles. The molecule has 100 valence electrons. The predicted octanol–water partition coefficient (Wildman–Crippen LogP) is 4.31. The lowest BCUT2D eigenvalue weighted by Gasteiger charge is -2.14. The molecule has 2 rings (SSSR count). The van der Waals surface area contributed by atoms with Crippen LogP contribution in [0.2, 0.25) is 0 Å². The Morgan fingerprint density at radius 1 is 1.11 bits per heavy atom. The zero-order chi connectivity index (χ0) is 13.7.